The van der Waals surface area contributed by atoms with E-state index in [2.05, 4.69) is 0 Å². The van der Waals surface area contributed by atoms with Crippen LogP contribution in [0.5, 0.6) is 0 Å². The van der Waals surface area contributed by atoms with E-state index in [9.17, 15) is 9.59 Å². The van der Waals surface area contributed by atoms with Gasteiger partial charge in [0, 0.05) is 0 Å². The zero-order valence-corrected chi connectivity index (χ0v) is 10.5. The van der Waals surface area contributed by atoms with E-state index in [0.717, 1.165) is 16.7 Å². The number of hydrogen-bond donors (Lipinski definition) is 2. The van der Waals surface area contributed by atoms with Crippen LogP contribution in [0.15, 0.2) is 42.5 Å². The lowest BCUT2D eigenvalue weighted by Gasteiger charge is -2.23. The first kappa shape index (κ1) is 13.1. The fourth-order valence-electron chi connectivity index (χ4n) is 2.14. The summed E-state index contributed by atoms with van der Waals surface area (Å²) in [5, 5.41) is 18.2. The predicted molar refractivity (Wildman–Crippen MR) is 70.6 cm³/mol. The van der Waals surface area contributed by atoms with Crippen LogP contribution < -0.4 is 0 Å². The first-order valence-electron chi connectivity index (χ1n) is 5.89. The van der Waals surface area contributed by atoms with Gasteiger partial charge in [-0.25, -0.2) is 0 Å². The summed E-state index contributed by atoms with van der Waals surface area (Å²) in [4.78, 5) is 22.3. The van der Waals surface area contributed by atoms with Gasteiger partial charge in [-0.1, -0.05) is 42.5 Å². The summed E-state index contributed by atoms with van der Waals surface area (Å²) in [6, 6.07) is 7.71. The molecule has 0 spiro atoms. The Labute approximate surface area is 110 Å². The third-order valence-electron chi connectivity index (χ3n) is 3.41. The van der Waals surface area contributed by atoms with Crippen molar-refractivity contribution in [1.29, 1.82) is 0 Å². The van der Waals surface area contributed by atoms with Gasteiger partial charge in [0.15, 0.2) is 5.41 Å². The van der Waals surface area contributed by atoms with Crippen LogP contribution in [0, 0.1) is 12.3 Å². The molecule has 1 aromatic rings. The second-order valence-electron chi connectivity index (χ2n) is 4.59. The normalized spacial score (nSPS) is 16.8. The molecule has 0 atom stereocenters. The number of rotatable bonds is 3. The first-order chi connectivity index (χ1) is 8.97. The minimum atomic E-state index is -1.84. The van der Waals surface area contributed by atoms with Gasteiger partial charge < -0.3 is 10.2 Å². The van der Waals surface area contributed by atoms with Gasteiger partial charge in [0.25, 0.3) is 0 Å². The van der Waals surface area contributed by atoms with Gasteiger partial charge in [-0.15, -0.1) is 0 Å². The number of carboxylic acids is 2. The highest BCUT2D eigenvalue weighted by Crippen LogP contribution is 2.34. The number of benzene rings is 1. The van der Waals surface area contributed by atoms with E-state index in [1.807, 2.05) is 31.2 Å². The van der Waals surface area contributed by atoms with E-state index >= 15 is 0 Å². The standard InChI is InChI=1S/C15H14O4/c1-10-4-2-3-5-12(10)11-6-8-15(9-7-11,13(16)17)14(18)19/h2-8H,9H2,1H3,(H,16,17)(H,18,19). The second kappa shape index (κ2) is 4.72. The van der Waals surface area contributed by atoms with Crippen molar-refractivity contribution < 1.29 is 19.8 Å². The molecule has 19 heavy (non-hydrogen) atoms. The summed E-state index contributed by atoms with van der Waals surface area (Å²) in [5.74, 6) is -2.67. The van der Waals surface area contributed by atoms with Crippen molar-refractivity contribution in [1.82, 2.24) is 0 Å². The molecule has 0 radical (unpaired) electrons. The Bertz CT molecular complexity index is 582. The zero-order valence-electron chi connectivity index (χ0n) is 10.5. The highest BCUT2D eigenvalue weighted by atomic mass is 16.4. The van der Waals surface area contributed by atoms with Gasteiger partial charge in [0.2, 0.25) is 0 Å². The Morgan fingerprint density at radius 3 is 2.26 bits per heavy atom. The third-order valence-corrected chi connectivity index (χ3v) is 3.41. The van der Waals surface area contributed by atoms with Crippen molar-refractivity contribution in [2.45, 2.75) is 13.3 Å². The van der Waals surface area contributed by atoms with Crippen LogP contribution in [0.25, 0.3) is 5.57 Å². The molecule has 4 heteroatoms. The maximum atomic E-state index is 11.2. The van der Waals surface area contributed by atoms with Crippen LogP contribution in [0.4, 0.5) is 0 Å². The Kier molecular flexibility index (Phi) is 3.25. The van der Waals surface area contributed by atoms with E-state index in [-0.39, 0.29) is 6.42 Å². The lowest BCUT2D eigenvalue weighted by atomic mass is 9.79. The molecule has 2 N–H and O–H groups in total. The van der Waals surface area contributed by atoms with Crippen LogP contribution in [-0.4, -0.2) is 22.2 Å². The molecule has 1 aromatic carbocycles. The largest absolute Gasteiger partial charge is 0.480 e. The number of hydrogen-bond acceptors (Lipinski definition) is 2. The third kappa shape index (κ3) is 2.17. The van der Waals surface area contributed by atoms with Crippen molar-refractivity contribution in [3.05, 3.63) is 53.6 Å². The van der Waals surface area contributed by atoms with E-state index < -0.39 is 17.4 Å². The van der Waals surface area contributed by atoms with Gasteiger partial charge in [-0.3, -0.25) is 9.59 Å². The minimum absolute atomic E-state index is 0.0438. The summed E-state index contributed by atoms with van der Waals surface area (Å²) < 4.78 is 0. The molecular formula is C15H14O4. The molecular weight excluding hydrogens is 244 g/mol. The topological polar surface area (TPSA) is 74.6 Å². The molecule has 1 aliphatic carbocycles. The second-order valence-corrected chi connectivity index (χ2v) is 4.59. The summed E-state index contributed by atoms with van der Waals surface area (Å²) in [6.45, 7) is 1.96. The molecule has 1 aliphatic rings. The van der Waals surface area contributed by atoms with Crippen LogP contribution in [-0.2, 0) is 9.59 Å². The maximum absolute atomic E-state index is 11.2. The maximum Gasteiger partial charge on any atom is 0.325 e. The molecule has 0 saturated heterocycles. The SMILES string of the molecule is Cc1ccccc1C1=CCC(C(=O)O)(C(=O)O)C=C1. The van der Waals surface area contributed by atoms with Gasteiger partial charge in [0.05, 0.1) is 0 Å². The fourth-order valence-corrected chi connectivity index (χ4v) is 2.14. The van der Waals surface area contributed by atoms with Crippen molar-refractivity contribution >= 4 is 17.5 Å². The Balaban J connectivity index is 2.36. The lowest BCUT2D eigenvalue weighted by Crippen LogP contribution is -2.38. The fraction of sp³-hybridized carbons (Fsp3) is 0.200. The molecule has 0 fully saturated rings. The Morgan fingerprint density at radius 2 is 1.79 bits per heavy atom. The Morgan fingerprint density at radius 1 is 1.16 bits per heavy atom. The molecule has 0 aromatic heterocycles. The monoisotopic (exact) mass is 258 g/mol. The molecule has 0 saturated carbocycles. The van der Waals surface area contributed by atoms with Gasteiger partial charge in [-0.05, 0) is 30.0 Å². The van der Waals surface area contributed by atoms with Crippen LogP contribution >= 0.6 is 0 Å². The van der Waals surface area contributed by atoms with Gasteiger partial charge >= 0.3 is 11.9 Å². The van der Waals surface area contributed by atoms with Crippen LogP contribution in [0.3, 0.4) is 0 Å². The lowest BCUT2D eigenvalue weighted by molar-refractivity contribution is -0.160. The number of aryl methyl sites for hydroxylation is 1. The molecule has 0 bridgehead atoms. The summed E-state index contributed by atoms with van der Waals surface area (Å²) in [6.07, 6.45) is 4.47. The average Bonchev–Trinajstić information content (AvgIpc) is 2.39. The smallest absolute Gasteiger partial charge is 0.325 e. The van der Waals surface area contributed by atoms with Crippen molar-refractivity contribution in [2.24, 2.45) is 5.41 Å². The van der Waals surface area contributed by atoms with Crippen molar-refractivity contribution in [3.8, 4) is 0 Å². The highest BCUT2D eigenvalue weighted by molar-refractivity contribution is 6.02. The van der Waals surface area contributed by atoms with Crippen LogP contribution in [0.1, 0.15) is 17.5 Å². The van der Waals surface area contributed by atoms with Gasteiger partial charge in [-0.2, -0.15) is 0 Å². The number of carbonyl (C=O) groups is 2. The van der Waals surface area contributed by atoms with Crippen molar-refractivity contribution in [2.75, 3.05) is 0 Å². The first-order valence-corrected chi connectivity index (χ1v) is 5.89. The molecule has 0 amide bonds. The molecule has 0 unspecified atom stereocenters. The van der Waals surface area contributed by atoms with E-state index in [1.165, 1.54) is 6.08 Å². The molecule has 0 aliphatic heterocycles. The highest BCUT2D eigenvalue weighted by Gasteiger charge is 2.44. The quantitative estimate of drug-likeness (QED) is 0.817. The van der Waals surface area contributed by atoms with E-state index in [0.29, 0.717) is 0 Å². The summed E-state index contributed by atoms with van der Waals surface area (Å²) in [7, 11) is 0. The number of aliphatic carboxylic acids is 2. The number of allylic oxidation sites excluding steroid dienone is 3. The Hall–Kier alpha value is -2.36. The van der Waals surface area contributed by atoms with Gasteiger partial charge in [0.1, 0.15) is 0 Å². The van der Waals surface area contributed by atoms with Crippen molar-refractivity contribution in [3.63, 3.8) is 0 Å². The molecule has 0 heterocycles. The van der Waals surface area contributed by atoms with E-state index in [4.69, 9.17) is 10.2 Å². The average molecular weight is 258 g/mol. The summed E-state index contributed by atoms with van der Waals surface area (Å²) in [5.41, 5.74) is 1.07. The number of carboxylic acid groups (broad SMARTS) is 2. The minimum Gasteiger partial charge on any atom is -0.480 e. The van der Waals surface area contributed by atoms with E-state index in [1.54, 1.807) is 12.2 Å². The predicted octanol–water partition coefficient (Wildman–Crippen LogP) is 2.49. The molecule has 98 valence electrons. The van der Waals surface area contributed by atoms with Crippen LogP contribution in [0.2, 0.25) is 0 Å². The molecule has 4 nitrogen and oxygen atoms in total. The zero-order chi connectivity index (χ0) is 14.0. The summed E-state index contributed by atoms with van der Waals surface area (Å²) >= 11 is 0. The molecule has 2 rings (SSSR count).